The molecule has 0 bridgehead atoms. The summed E-state index contributed by atoms with van der Waals surface area (Å²) in [5.74, 6) is 0. The number of nitrogens with one attached hydrogen (secondary N) is 1. The average Bonchev–Trinajstić information content (AvgIpc) is 2.96. The van der Waals surface area contributed by atoms with Crippen LogP contribution < -0.4 is 5.32 Å². The van der Waals surface area contributed by atoms with Crippen molar-refractivity contribution in [3.8, 4) is 0 Å². The van der Waals surface area contributed by atoms with Gasteiger partial charge in [-0.15, -0.1) is 22.7 Å². The fourth-order valence-corrected chi connectivity index (χ4v) is 4.85. The molecule has 98 valence electrons. The molecule has 0 unspecified atom stereocenters. The summed E-state index contributed by atoms with van der Waals surface area (Å²) in [6, 6.07) is 10.4. The van der Waals surface area contributed by atoms with Gasteiger partial charge in [0.25, 0.3) is 0 Å². The van der Waals surface area contributed by atoms with E-state index in [1.54, 1.807) is 22.7 Å². The van der Waals surface area contributed by atoms with Gasteiger partial charge in [0, 0.05) is 37.4 Å². The Bertz CT molecular complexity index is 704. The summed E-state index contributed by atoms with van der Waals surface area (Å²) in [6.45, 7) is 1.67. The summed E-state index contributed by atoms with van der Waals surface area (Å²) in [5, 5.41) is 7.59. The van der Waals surface area contributed by atoms with E-state index >= 15 is 0 Å². The Labute approximate surface area is 133 Å². The van der Waals surface area contributed by atoms with Crippen molar-refractivity contribution in [2.75, 3.05) is 0 Å². The summed E-state index contributed by atoms with van der Waals surface area (Å²) in [4.78, 5) is 2.52. The molecule has 0 aliphatic rings. The average molecular weight is 373 g/mol. The van der Waals surface area contributed by atoms with Crippen LogP contribution in [0.5, 0.6) is 0 Å². The number of fused-ring (bicyclic) bond motifs is 1. The van der Waals surface area contributed by atoms with Gasteiger partial charge in [0.2, 0.25) is 0 Å². The molecule has 0 fully saturated rings. The molecule has 3 aromatic rings. The van der Waals surface area contributed by atoms with Crippen molar-refractivity contribution in [3.63, 3.8) is 0 Å². The first-order chi connectivity index (χ1) is 9.25. The molecule has 0 spiro atoms. The minimum atomic E-state index is 0.808. The van der Waals surface area contributed by atoms with Crippen LogP contribution in [0, 0.1) is 0 Å². The highest BCUT2D eigenvalue weighted by atomic mass is 79.9. The van der Waals surface area contributed by atoms with Gasteiger partial charge in [0.05, 0.1) is 5.02 Å². The highest BCUT2D eigenvalue weighted by molar-refractivity contribution is 9.10. The molecule has 5 heteroatoms. The van der Waals surface area contributed by atoms with Crippen molar-refractivity contribution >= 4 is 60.3 Å². The SMILES string of the molecule is Clc1c(CNCc2sccc2Br)sc2ccccc12. The minimum absolute atomic E-state index is 0.808. The third kappa shape index (κ3) is 2.88. The van der Waals surface area contributed by atoms with Gasteiger partial charge in [0.15, 0.2) is 0 Å². The third-order valence-electron chi connectivity index (χ3n) is 2.86. The van der Waals surface area contributed by atoms with Gasteiger partial charge in [-0.3, -0.25) is 0 Å². The van der Waals surface area contributed by atoms with E-state index in [2.05, 4.69) is 50.9 Å². The van der Waals surface area contributed by atoms with E-state index in [1.807, 2.05) is 6.07 Å². The first-order valence-electron chi connectivity index (χ1n) is 5.84. The van der Waals surface area contributed by atoms with Crippen molar-refractivity contribution in [2.45, 2.75) is 13.1 Å². The van der Waals surface area contributed by atoms with Gasteiger partial charge in [-0.1, -0.05) is 29.8 Å². The van der Waals surface area contributed by atoms with Gasteiger partial charge in [-0.2, -0.15) is 0 Å². The van der Waals surface area contributed by atoms with E-state index in [9.17, 15) is 0 Å². The van der Waals surface area contributed by atoms with Gasteiger partial charge >= 0.3 is 0 Å². The molecule has 0 amide bonds. The molecule has 3 rings (SSSR count). The molecule has 2 heterocycles. The highest BCUT2D eigenvalue weighted by Gasteiger charge is 2.09. The largest absolute Gasteiger partial charge is 0.307 e. The number of halogens is 2. The molecule has 1 nitrogen and oxygen atoms in total. The topological polar surface area (TPSA) is 12.0 Å². The van der Waals surface area contributed by atoms with Crippen LogP contribution >= 0.6 is 50.2 Å². The van der Waals surface area contributed by atoms with E-state index in [1.165, 1.54) is 18.9 Å². The van der Waals surface area contributed by atoms with Crippen LogP contribution in [0.4, 0.5) is 0 Å². The highest BCUT2D eigenvalue weighted by Crippen LogP contribution is 2.35. The zero-order chi connectivity index (χ0) is 13.2. The maximum atomic E-state index is 6.41. The lowest BCUT2D eigenvalue weighted by Gasteiger charge is -2.02. The van der Waals surface area contributed by atoms with Crippen molar-refractivity contribution < 1.29 is 0 Å². The zero-order valence-electron chi connectivity index (χ0n) is 9.95. The van der Waals surface area contributed by atoms with Crippen LogP contribution in [0.15, 0.2) is 40.2 Å². The van der Waals surface area contributed by atoms with Crippen molar-refractivity contribution in [2.24, 2.45) is 0 Å². The molecule has 0 saturated heterocycles. The van der Waals surface area contributed by atoms with E-state index in [0.717, 1.165) is 23.5 Å². The lowest BCUT2D eigenvalue weighted by Crippen LogP contribution is -2.11. The molecular formula is C14H11BrClNS2. The second kappa shape index (κ2) is 5.94. The Hall–Kier alpha value is -0.390. The second-order valence-corrected chi connectivity index (χ2v) is 7.50. The van der Waals surface area contributed by atoms with Crippen molar-refractivity contribution in [1.82, 2.24) is 5.32 Å². The first-order valence-corrected chi connectivity index (χ1v) is 8.71. The van der Waals surface area contributed by atoms with Crippen LogP contribution in [0.2, 0.25) is 5.02 Å². The molecule has 2 aromatic heterocycles. The predicted molar refractivity (Wildman–Crippen MR) is 89.4 cm³/mol. The quantitative estimate of drug-likeness (QED) is 0.622. The van der Waals surface area contributed by atoms with Crippen molar-refractivity contribution in [3.05, 3.63) is 55.0 Å². The molecule has 1 aromatic carbocycles. The predicted octanol–water partition coefficient (Wildman–Crippen LogP) is 5.67. The van der Waals surface area contributed by atoms with Gasteiger partial charge < -0.3 is 5.32 Å². The van der Waals surface area contributed by atoms with E-state index < -0.39 is 0 Å². The van der Waals surface area contributed by atoms with Crippen molar-refractivity contribution in [1.29, 1.82) is 0 Å². The fraction of sp³-hybridized carbons (Fsp3) is 0.143. The molecule has 0 radical (unpaired) electrons. The van der Waals surface area contributed by atoms with Gasteiger partial charge in [-0.25, -0.2) is 0 Å². The summed E-state index contributed by atoms with van der Waals surface area (Å²) >= 11 is 13.5. The minimum Gasteiger partial charge on any atom is -0.307 e. The zero-order valence-corrected chi connectivity index (χ0v) is 13.9. The summed E-state index contributed by atoms with van der Waals surface area (Å²) in [6.07, 6.45) is 0. The number of hydrogen-bond acceptors (Lipinski definition) is 3. The first kappa shape index (κ1) is 13.6. The molecule has 1 N–H and O–H groups in total. The van der Waals surface area contributed by atoms with Crippen LogP contribution in [0.3, 0.4) is 0 Å². The Morgan fingerprint density at radius 1 is 1.11 bits per heavy atom. The number of hydrogen-bond donors (Lipinski definition) is 1. The van der Waals surface area contributed by atoms with Gasteiger partial charge in [-0.05, 0) is 33.4 Å². The van der Waals surface area contributed by atoms with E-state index in [-0.39, 0.29) is 0 Å². The molecular weight excluding hydrogens is 362 g/mol. The normalized spacial score (nSPS) is 11.3. The standard InChI is InChI=1S/C14H11BrClNS2/c15-10-5-6-18-12(10)7-17-8-13-14(16)9-3-1-2-4-11(9)19-13/h1-6,17H,7-8H2. The second-order valence-electron chi connectivity index (χ2n) is 4.13. The van der Waals surface area contributed by atoms with Crippen LogP contribution in [0.1, 0.15) is 9.75 Å². The summed E-state index contributed by atoms with van der Waals surface area (Å²) < 4.78 is 2.43. The van der Waals surface area contributed by atoms with Crippen LogP contribution in [0.25, 0.3) is 10.1 Å². The fourth-order valence-electron chi connectivity index (χ4n) is 1.92. The van der Waals surface area contributed by atoms with Gasteiger partial charge in [0.1, 0.15) is 0 Å². The third-order valence-corrected chi connectivity index (χ3v) is 6.50. The Kier molecular flexibility index (Phi) is 4.24. The maximum absolute atomic E-state index is 6.41. The molecule has 0 aliphatic heterocycles. The lowest BCUT2D eigenvalue weighted by molar-refractivity contribution is 0.707. The van der Waals surface area contributed by atoms with Crippen LogP contribution in [-0.4, -0.2) is 0 Å². The molecule has 0 saturated carbocycles. The number of benzene rings is 1. The Morgan fingerprint density at radius 3 is 2.63 bits per heavy atom. The van der Waals surface area contributed by atoms with E-state index in [0.29, 0.717) is 0 Å². The number of rotatable bonds is 4. The lowest BCUT2D eigenvalue weighted by atomic mass is 10.2. The molecule has 0 aliphatic carbocycles. The maximum Gasteiger partial charge on any atom is 0.0636 e. The summed E-state index contributed by atoms with van der Waals surface area (Å²) in [5.41, 5.74) is 0. The van der Waals surface area contributed by atoms with Crippen LogP contribution in [-0.2, 0) is 13.1 Å². The Morgan fingerprint density at radius 2 is 1.89 bits per heavy atom. The molecule has 0 atom stereocenters. The monoisotopic (exact) mass is 371 g/mol. The summed E-state index contributed by atoms with van der Waals surface area (Å²) in [7, 11) is 0. The smallest absolute Gasteiger partial charge is 0.0636 e. The molecule has 19 heavy (non-hydrogen) atoms. The Balaban J connectivity index is 1.72. The number of thiophene rings is 2. The van der Waals surface area contributed by atoms with E-state index in [4.69, 9.17) is 11.6 Å².